The molecule has 1 aliphatic heterocycles. The van der Waals surface area contributed by atoms with Gasteiger partial charge in [-0.05, 0) is 76.1 Å². The van der Waals surface area contributed by atoms with Gasteiger partial charge >= 0.3 is 5.97 Å². The summed E-state index contributed by atoms with van der Waals surface area (Å²) in [5, 5.41) is 13.9. The van der Waals surface area contributed by atoms with Crippen molar-refractivity contribution in [3.63, 3.8) is 0 Å². The Bertz CT molecular complexity index is 1600. The van der Waals surface area contributed by atoms with Crippen molar-refractivity contribution < 1.29 is 33.6 Å². The Labute approximate surface area is 253 Å². The lowest BCUT2D eigenvalue weighted by molar-refractivity contribution is -0.140. The van der Waals surface area contributed by atoms with Gasteiger partial charge in [-0.1, -0.05) is 36.4 Å². The minimum atomic E-state index is -0.728. The molecular formula is C33H32BrNO7. The van der Waals surface area contributed by atoms with Crippen LogP contribution in [-0.4, -0.2) is 38.2 Å². The van der Waals surface area contributed by atoms with Crippen LogP contribution in [0.1, 0.15) is 48.3 Å². The maximum atomic E-state index is 14.0. The number of ketones is 1. The van der Waals surface area contributed by atoms with Crippen LogP contribution < -0.4 is 19.5 Å². The van der Waals surface area contributed by atoms with E-state index < -0.39 is 11.9 Å². The van der Waals surface area contributed by atoms with Crippen molar-refractivity contribution in [3.8, 4) is 23.0 Å². The van der Waals surface area contributed by atoms with E-state index >= 15 is 0 Å². The fourth-order valence-corrected chi connectivity index (χ4v) is 6.16. The average molecular weight is 635 g/mol. The summed E-state index contributed by atoms with van der Waals surface area (Å²) in [6, 6.07) is 18.5. The monoisotopic (exact) mass is 633 g/mol. The number of allylic oxidation sites excluding steroid dienone is 3. The maximum absolute atomic E-state index is 14.0. The van der Waals surface area contributed by atoms with E-state index in [2.05, 4.69) is 21.2 Å². The molecule has 3 aromatic carbocycles. The molecule has 0 amide bonds. The topological polar surface area (TPSA) is 103 Å². The second kappa shape index (κ2) is 12.3. The van der Waals surface area contributed by atoms with E-state index in [9.17, 15) is 14.7 Å². The van der Waals surface area contributed by atoms with Crippen molar-refractivity contribution in [1.82, 2.24) is 5.32 Å². The van der Waals surface area contributed by atoms with Crippen molar-refractivity contribution >= 4 is 27.7 Å². The van der Waals surface area contributed by atoms with E-state index in [0.717, 1.165) is 16.8 Å². The summed E-state index contributed by atoms with van der Waals surface area (Å²) in [7, 11) is 4.62. The van der Waals surface area contributed by atoms with Gasteiger partial charge < -0.3 is 29.4 Å². The first-order valence-corrected chi connectivity index (χ1v) is 14.3. The summed E-state index contributed by atoms with van der Waals surface area (Å²) in [5.41, 5.74) is 4.61. The zero-order valence-electron chi connectivity index (χ0n) is 23.8. The Balaban J connectivity index is 1.56. The lowest BCUT2D eigenvalue weighted by Gasteiger charge is -2.37. The van der Waals surface area contributed by atoms with E-state index in [1.165, 1.54) is 7.11 Å². The zero-order valence-corrected chi connectivity index (χ0v) is 25.4. The number of dihydropyridines is 1. The van der Waals surface area contributed by atoms with Crippen LogP contribution in [-0.2, 0) is 20.9 Å². The molecule has 1 heterocycles. The second-order valence-corrected chi connectivity index (χ2v) is 11.1. The lowest BCUT2D eigenvalue weighted by Crippen LogP contribution is -2.36. The first-order valence-electron chi connectivity index (χ1n) is 13.5. The second-order valence-electron chi connectivity index (χ2n) is 10.2. The number of phenolic OH excluding ortho intramolecular Hbond substituents is 1. The van der Waals surface area contributed by atoms with Gasteiger partial charge in [-0.25, -0.2) is 4.79 Å². The van der Waals surface area contributed by atoms with Crippen molar-refractivity contribution in [2.45, 2.75) is 38.2 Å². The molecule has 0 bridgehead atoms. The quantitative estimate of drug-likeness (QED) is 0.279. The van der Waals surface area contributed by atoms with Gasteiger partial charge in [0.05, 0.1) is 31.4 Å². The van der Waals surface area contributed by atoms with Crippen molar-refractivity contribution in [2.75, 3.05) is 21.3 Å². The standard InChI is InChI=1S/C33H32BrNO7/c1-18-29(33(38)42-17-19-8-6-5-7-9-19)30(22-12-23(34)32(37)28(16-22)41-4)31-24(35-18)13-21(14-25(31)36)20-10-11-26(39-2)27(15-20)40-3/h5-12,15-16,21,30,35,37H,13-14,17H2,1-4H3. The number of benzene rings is 3. The third kappa shape index (κ3) is 5.61. The van der Waals surface area contributed by atoms with Gasteiger partial charge in [-0.15, -0.1) is 0 Å². The fraction of sp³-hybridized carbons (Fsp3) is 0.273. The fourth-order valence-electron chi connectivity index (χ4n) is 5.70. The third-order valence-corrected chi connectivity index (χ3v) is 8.35. The number of carbonyl (C=O) groups excluding carboxylic acids is 2. The normalized spacial score (nSPS) is 18.3. The molecule has 0 saturated heterocycles. The zero-order chi connectivity index (χ0) is 30.0. The summed E-state index contributed by atoms with van der Waals surface area (Å²) in [5.74, 6) is -0.0848. The molecule has 0 aromatic heterocycles. The number of hydrogen-bond acceptors (Lipinski definition) is 8. The smallest absolute Gasteiger partial charge is 0.337 e. The Kier molecular flexibility index (Phi) is 8.59. The number of Topliss-reactive ketones (excluding diaryl/α,β-unsaturated/α-hetero) is 1. The highest BCUT2D eigenvalue weighted by Gasteiger charge is 2.42. The number of aromatic hydroxyl groups is 1. The van der Waals surface area contributed by atoms with Gasteiger partial charge in [0.1, 0.15) is 6.61 Å². The van der Waals surface area contributed by atoms with E-state index in [1.54, 1.807) is 26.4 Å². The molecule has 218 valence electrons. The Hall–Kier alpha value is -4.24. The minimum absolute atomic E-state index is 0.0678. The number of esters is 1. The van der Waals surface area contributed by atoms with Crippen LogP contribution in [0.3, 0.4) is 0 Å². The van der Waals surface area contributed by atoms with Crippen LogP contribution in [0.5, 0.6) is 23.0 Å². The van der Waals surface area contributed by atoms with Gasteiger partial charge in [-0.3, -0.25) is 4.79 Å². The molecule has 0 radical (unpaired) electrons. The van der Waals surface area contributed by atoms with Crippen molar-refractivity contribution in [1.29, 1.82) is 0 Å². The number of rotatable bonds is 8. The molecule has 2 atom stereocenters. The summed E-state index contributed by atoms with van der Waals surface area (Å²) < 4.78 is 22.4. The predicted molar refractivity (Wildman–Crippen MR) is 161 cm³/mol. The third-order valence-electron chi connectivity index (χ3n) is 7.74. The van der Waals surface area contributed by atoms with Crippen LogP contribution in [0, 0.1) is 0 Å². The van der Waals surface area contributed by atoms with E-state index in [-0.39, 0.29) is 36.2 Å². The summed E-state index contributed by atoms with van der Waals surface area (Å²) in [4.78, 5) is 27.7. The average Bonchev–Trinajstić information content (AvgIpc) is 3.00. The Morgan fingerprint density at radius 2 is 1.62 bits per heavy atom. The number of halogens is 1. The van der Waals surface area contributed by atoms with E-state index in [0.29, 0.717) is 44.8 Å². The van der Waals surface area contributed by atoms with Gasteiger partial charge in [0.25, 0.3) is 0 Å². The molecule has 8 nitrogen and oxygen atoms in total. The number of nitrogens with one attached hydrogen (secondary N) is 1. The van der Waals surface area contributed by atoms with Gasteiger partial charge in [-0.2, -0.15) is 0 Å². The van der Waals surface area contributed by atoms with Crippen molar-refractivity contribution in [3.05, 3.63) is 104 Å². The summed E-state index contributed by atoms with van der Waals surface area (Å²) in [6.45, 7) is 1.90. The van der Waals surface area contributed by atoms with Crippen LogP contribution in [0.25, 0.3) is 0 Å². The SMILES string of the molecule is COc1ccc(C2CC(=O)C3=C(C2)NC(C)=C(C(=O)OCc2ccccc2)C3c2cc(Br)c(O)c(OC)c2)cc1OC. The highest BCUT2D eigenvalue weighted by atomic mass is 79.9. The largest absolute Gasteiger partial charge is 0.503 e. The number of phenols is 1. The molecule has 2 aliphatic rings. The highest BCUT2D eigenvalue weighted by Crippen LogP contribution is 2.48. The van der Waals surface area contributed by atoms with E-state index in [4.69, 9.17) is 18.9 Å². The minimum Gasteiger partial charge on any atom is -0.503 e. The van der Waals surface area contributed by atoms with Crippen LogP contribution in [0.4, 0.5) is 0 Å². The number of ether oxygens (including phenoxy) is 4. The van der Waals surface area contributed by atoms with E-state index in [1.807, 2.05) is 55.5 Å². The molecule has 3 aromatic rings. The number of methoxy groups -OCH3 is 3. The van der Waals surface area contributed by atoms with Crippen LogP contribution in [0.15, 0.2) is 87.7 Å². The number of carbonyl (C=O) groups is 2. The molecule has 0 fully saturated rings. The molecule has 2 unspecified atom stereocenters. The molecule has 0 spiro atoms. The number of hydrogen-bond donors (Lipinski definition) is 2. The Morgan fingerprint density at radius 1 is 0.929 bits per heavy atom. The van der Waals surface area contributed by atoms with Crippen LogP contribution >= 0.6 is 15.9 Å². The molecule has 5 rings (SSSR count). The molecule has 0 saturated carbocycles. The molecule has 42 heavy (non-hydrogen) atoms. The first kappa shape index (κ1) is 29.3. The molecule has 9 heteroatoms. The summed E-state index contributed by atoms with van der Waals surface area (Å²) in [6.07, 6.45) is 0.793. The first-order chi connectivity index (χ1) is 20.2. The highest BCUT2D eigenvalue weighted by molar-refractivity contribution is 9.10. The van der Waals surface area contributed by atoms with Gasteiger partial charge in [0.15, 0.2) is 28.8 Å². The molecule has 2 N–H and O–H groups in total. The van der Waals surface area contributed by atoms with Crippen LogP contribution in [0.2, 0.25) is 0 Å². The molecule has 1 aliphatic carbocycles. The van der Waals surface area contributed by atoms with Crippen molar-refractivity contribution in [2.24, 2.45) is 0 Å². The lowest BCUT2D eigenvalue weighted by atomic mass is 9.71. The Morgan fingerprint density at radius 3 is 2.31 bits per heavy atom. The predicted octanol–water partition coefficient (Wildman–Crippen LogP) is 6.29. The maximum Gasteiger partial charge on any atom is 0.337 e. The summed E-state index contributed by atoms with van der Waals surface area (Å²) >= 11 is 3.41. The van der Waals surface area contributed by atoms with Gasteiger partial charge in [0, 0.05) is 29.3 Å². The molecular weight excluding hydrogens is 602 g/mol. The van der Waals surface area contributed by atoms with Gasteiger partial charge in [0.2, 0.25) is 0 Å².